The number of carboxylic acids is 1. The largest absolute Gasteiger partial charge is 0.480 e. The van der Waals surface area contributed by atoms with Crippen molar-refractivity contribution in [1.29, 1.82) is 0 Å². The standard InChI is InChI=1S/C23H27N3O6S2/c1-2-32-23(30)17(11-10-16-7-4-3-5-8-16)26(24-31)18-15-34-20(19-9-6-12-33-19)13-25(22(18)29)14-21(27)28/h3-9,12,17-18,20H,2,10-11,13-15H2,1H3,(H,27,28)/t17-,18-,20-/m0/s1. The van der Waals surface area contributed by atoms with Gasteiger partial charge in [-0.2, -0.15) is 0 Å². The fourth-order valence-corrected chi connectivity index (χ4v) is 6.16. The number of carboxylic acid groups (broad SMARTS) is 1. The molecule has 1 fully saturated rings. The summed E-state index contributed by atoms with van der Waals surface area (Å²) in [4.78, 5) is 52.0. The van der Waals surface area contributed by atoms with Crippen LogP contribution in [0, 0.1) is 4.91 Å². The first-order valence-electron chi connectivity index (χ1n) is 10.9. The number of hydrogen-bond acceptors (Lipinski definition) is 8. The first kappa shape index (κ1) is 25.7. The number of thiophene rings is 1. The molecular formula is C23H27N3O6S2. The van der Waals surface area contributed by atoms with E-state index in [1.165, 1.54) is 28.0 Å². The molecule has 3 rings (SSSR count). The number of ether oxygens (including phenoxy) is 1. The minimum atomic E-state index is -1.15. The summed E-state index contributed by atoms with van der Waals surface area (Å²) in [6.45, 7) is 1.47. The van der Waals surface area contributed by atoms with Crippen LogP contribution in [0.4, 0.5) is 0 Å². The molecule has 1 aromatic heterocycles. The van der Waals surface area contributed by atoms with Crippen molar-refractivity contribution >= 4 is 40.9 Å². The number of hydrogen-bond donors (Lipinski definition) is 1. The van der Waals surface area contributed by atoms with Gasteiger partial charge in [-0.15, -0.1) is 28.0 Å². The fraction of sp³-hybridized carbons (Fsp3) is 0.435. The summed E-state index contributed by atoms with van der Waals surface area (Å²) in [5.41, 5.74) is 0.967. The van der Waals surface area contributed by atoms with E-state index < -0.39 is 36.5 Å². The Morgan fingerprint density at radius 3 is 2.65 bits per heavy atom. The number of amides is 1. The van der Waals surface area contributed by atoms with Gasteiger partial charge in [-0.25, -0.2) is 9.80 Å². The maximum absolute atomic E-state index is 13.4. The Morgan fingerprint density at radius 2 is 2.03 bits per heavy atom. The van der Waals surface area contributed by atoms with Crippen LogP contribution in [0.5, 0.6) is 0 Å². The number of aliphatic carboxylic acids is 1. The molecule has 0 aliphatic carbocycles. The molecule has 0 bridgehead atoms. The molecule has 1 aromatic carbocycles. The van der Waals surface area contributed by atoms with Gasteiger partial charge < -0.3 is 14.7 Å². The molecule has 2 heterocycles. The third kappa shape index (κ3) is 6.57. The highest BCUT2D eigenvalue weighted by Gasteiger charge is 2.42. The number of carbonyl (C=O) groups is 3. The first-order chi connectivity index (χ1) is 16.4. The van der Waals surface area contributed by atoms with Gasteiger partial charge in [0, 0.05) is 17.2 Å². The number of aryl methyl sites for hydroxylation is 1. The van der Waals surface area contributed by atoms with E-state index in [4.69, 9.17) is 4.74 Å². The van der Waals surface area contributed by atoms with E-state index in [0.717, 1.165) is 15.4 Å². The lowest BCUT2D eigenvalue weighted by atomic mass is 10.0. The SMILES string of the molecule is CCOC(=O)[C@H](CCc1ccccc1)N(N=O)[C@H]1CS[C@H](c2cccs2)CN(CC(=O)O)C1=O. The maximum Gasteiger partial charge on any atom is 0.330 e. The minimum Gasteiger partial charge on any atom is -0.480 e. The fourth-order valence-electron chi connectivity index (χ4n) is 3.85. The minimum absolute atomic E-state index is 0.117. The molecule has 1 aliphatic rings. The molecule has 9 nitrogen and oxygen atoms in total. The number of nitrogens with zero attached hydrogens (tertiary/aromatic N) is 3. The number of benzene rings is 1. The van der Waals surface area contributed by atoms with E-state index in [2.05, 4.69) is 5.29 Å². The number of rotatable bonds is 11. The van der Waals surface area contributed by atoms with Crippen molar-refractivity contribution in [3.63, 3.8) is 0 Å². The van der Waals surface area contributed by atoms with Gasteiger partial charge in [0.25, 0.3) is 0 Å². The Hall–Kier alpha value is -2.92. The topological polar surface area (TPSA) is 117 Å². The van der Waals surface area contributed by atoms with E-state index in [0.29, 0.717) is 6.42 Å². The van der Waals surface area contributed by atoms with Crippen molar-refractivity contribution in [2.24, 2.45) is 5.29 Å². The molecule has 0 radical (unpaired) electrons. The third-order valence-electron chi connectivity index (χ3n) is 5.47. The number of esters is 1. The van der Waals surface area contributed by atoms with Gasteiger partial charge in [0.1, 0.15) is 18.6 Å². The van der Waals surface area contributed by atoms with Crippen LogP contribution in [0.1, 0.15) is 29.0 Å². The van der Waals surface area contributed by atoms with Crippen LogP contribution in [0.25, 0.3) is 0 Å². The van der Waals surface area contributed by atoms with Gasteiger partial charge in [0.05, 0.1) is 17.1 Å². The van der Waals surface area contributed by atoms with Gasteiger partial charge in [-0.1, -0.05) is 36.4 Å². The molecule has 1 aliphatic heterocycles. The highest BCUT2D eigenvalue weighted by atomic mass is 32.2. The van der Waals surface area contributed by atoms with Gasteiger partial charge in [0.2, 0.25) is 5.91 Å². The van der Waals surface area contributed by atoms with Crippen molar-refractivity contribution in [2.45, 2.75) is 37.1 Å². The highest BCUT2D eigenvalue weighted by molar-refractivity contribution is 7.99. The van der Waals surface area contributed by atoms with Crippen molar-refractivity contribution < 1.29 is 24.2 Å². The Labute approximate surface area is 206 Å². The van der Waals surface area contributed by atoms with Crippen molar-refractivity contribution in [1.82, 2.24) is 9.91 Å². The second-order valence-electron chi connectivity index (χ2n) is 7.72. The van der Waals surface area contributed by atoms with Crippen LogP contribution in [0.3, 0.4) is 0 Å². The molecule has 1 N–H and O–H groups in total. The number of thioether (sulfide) groups is 1. The zero-order valence-corrected chi connectivity index (χ0v) is 20.4. The predicted molar refractivity (Wildman–Crippen MR) is 130 cm³/mol. The van der Waals surface area contributed by atoms with E-state index in [1.54, 1.807) is 6.92 Å². The zero-order valence-electron chi connectivity index (χ0n) is 18.7. The summed E-state index contributed by atoms with van der Waals surface area (Å²) in [7, 11) is 0. The summed E-state index contributed by atoms with van der Waals surface area (Å²) in [5.74, 6) is -2.15. The highest BCUT2D eigenvalue weighted by Crippen LogP contribution is 2.37. The van der Waals surface area contributed by atoms with Gasteiger partial charge in [0.15, 0.2) is 0 Å². The number of carbonyl (C=O) groups excluding carboxylic acids is 2. The Kier molecular flexibility index (Phi) is 9.46. The summed E-state index contributed by atoms with van der Waals surface area (Å²) < 4.78 is 5.20. The van der Waals surface area contributed by atoms with Gasteiger partial charge in [-0.05, 0) is 36.8 Å². The molecular weight excluding hydrogens is 478 g/mol. The van der Waals surface area contributed by atoms with Gasteiger partial charge in [-0.3, -0.25) is 9.59 Å². The molecule has 0 saturated carbocycles. The Bertz CT molecular complexity index is 972. The normalized spacial score (nSPS) is 19.2. The summed E-state index contributed by atoms with van der Waals surface area (Å²) in [6, 6.07) is 11.1. The maximum atomic E-state index is 13.4. The van der Waals surface area contributed by atoms with Crippen LogP contribution in [0.2, 0.25) is 0 Å². The molecule has 0 spiro atoms. The second kappa shape index (κ2) is 12.5. The predicted octanol–water partition coefficient (Wildman–Crippen LogP) is 3.37. The van der Waals surface area contributed by atoms with Crippen LogP contribution in [0.15, 0.2) is 53.1 Å². The number of nitroso groups, excluding NO2 is 1. The third-order valence-corrected chi connectivity index (χ3v) is 7.91. The quantitative estimate of drug-likeness (QED) is 0.281. The van der Waals surface area contributed by atoms with Crippen molar-refractivity contribution in [2.75, 3.05) is 25.4 Å². The van der Waals surface area contributed by atoms with Gasteiger partial charge >= 0.3 is 11.9 Å². The van der Waals surface area contributed by atoms with Crippen LogP contribution >= 0.6 is 23.1 Å². The molecule has 34 heavy (non-hydrogen) atoms. The van der Waals surface area contributed by atoms with Crippen LogP contribution < -0.4 is 0 Å². The average molecular weight is 506 g/mol. The molecule has 2 aromatic rings. The summed E-state index contributed by atoms with van der Waals surface area (Å²) in [6.07, 6.45) is 0.692. The lowest BCUT2D eigenvalue weighted by Crippen LogP contribution is -2.53. The lowest BCUT2D eigenvalue weighted by Gasteiger charge is -2.32. The lowest BCUT2D eigenvalue weighted by molar-refractivity contribution is -0.154. The van der Waals surface area contributed by atoms with E-state index in [9.17, 15) is 24.4 Å². The Morgan fingerprint density at radius 1 is 1.26 bits per heavy atom. The zero-order chi connectivity index (χ0) is 24.5. The van der Waals surface area contributed by atoms with Crippen molar-refractivity contribution in [3.05, 3.63) is 63.2 Å². The molecule has 182 valence electrons. The summed E-state index contributed by atoms with van der Waals surface area (Å²) >= 11 is 2.97. The van der Waals surface area contributed by atoms with Crippen LogP contribution in [-0.2, 0) is 25.5 Å². The first-order valence-corrected chi connectivity index (χ1v) is 12.8. The molecule has 1 amide bonds. The molecule has 3 atom stereocenters. The molecule has 1 saturated heterocycles. The molecule has 11 heteroatoms. The van der Waals surface area contributed by atoms with E-state index in [-0.39, 0.29) is 30.6 Å². The van der Waals surface area contributed by atoms with Crippen molar-refractivity contribution in [3.8, 4) is 0 Å². The molecule has 0 unspecified atom stereocenters. The summed E-state index contributed by atoms with van der Waals surface area (Å²) in [5, 5.41) is 15.2. The van der Waals surface area contributed by atoms with Crippen LogP contribution in [-0.4, -0.2) is 70.4 Å². The van der Waals surface area contributed by atoms with E-state index >= 15 is 0 Å². The smallest absolute Gasteiger partial charge is 0.330 e. The Balaban J connectivity index is 1.88. The monoisotopic (exact) mass is 505 g/mol. The van der Waals surface area contributed by atoms with E-state index in [1.807, 2.05) is 47.8 Å². The average Bonchev–Trinajstić information content (AvgIpc) is 3.31. The second-order valence-corrected chi connectivity index (χ2v) is 9.93.